The van der Waals surface area contributed by atoms with Crippen LogP contribution < -0.4 is 10.1 Å². The highest BCUT2D eigenvalue weighted by atomic mass is 35.5. The number of anilines is 1. The van der Waals surface area contributed by atoms with Crippen molar-refractivity contribution in [1.29, 1.82) is 0 Å². The molecule has 2 saturated carbocycles. The summed E-state index contributed by atoms with van der Waals surface area (Å²) in [6.07, 6.45) is 8.77. The molecule has 6 rings (SSSR count). The molecule has 200 valence electrons. The number of hydrogen-bond acceptors (Lipinski definition) is 6. The third kappa shape index (κ3) is 6.53. The van der Waals surface area contributed by atoms with Gasteiger partial charge in [0.2, 0.25) is 0 Å². The van der Waals surface area contributed by atoms with Crippen LogP contribution in [0.5, 0.6) is 5.75 Å². The first-order chi connectivity index (χ1) is 18.4. The van der Waals surface area contributed by atoms with Gasteiger partial charge in [-0.25, -0.2) is 18.7 Å². The number of benzene rings is 2. The zero-order chi connectivity index (χ0) is 26.6. The van der Waals surface area contributed by atoms with E-state index in [0.29, 0.717) is 28.3 Å². The number of hydrogen-bond donors (Lipinski definition) is 1. The maximum absolute atomic E-state index is 13.4. The maximum Gasteiger partial charge on any atom is 0.183 e. The molecule has 0 amide bonds. The Morgan fingerprint density at radius 3 is 2.39 bits per heavy atom. The Balaban J connectivity index is 0.000000158. The van der Waals surface area contributed by atoms with Gasteiger partial charge in [-0.1, -0.05) is 30.9 Å². The lowest BCUT2D eigenvalue weighted by molar-refractivity contribution is 0.415. The topological polar surface area (TPSA) is 47.0 Å². The fraction of sp³-hybridized carbons (Fsp3) is 0.379. The van der Waals surface area contributed by atoms with Gasteiger partial charge in [0.05, 0.1) is 28.5 Å². The molecule has 2 aromatic carbocycles. The van der Waals surface area contributed by atoms with Crippen LogP contribution >= 0.6 is 34.3 Å². The molecule has 0 atom stereocenters. The first kappa shape index (κ1) is 27.0. The van der Waals surface area contributed by atoms with Crippen LogP contribution in [0.1, 0.15) is 60.7 Å². The van der Waals surface area contributed by atoms with Gasteiger partial charge in [0.1, 0.15) is 5.75 Å². The molecule has 2 aliphatic rings. The molecule has 4 aromatic rings. The van der Waals surface area contributed by atoms with Gasteiger partial charge in [-0.3, -0.25) is 0 Å². The smallest absolute Gasteiger partial charge is 0.183 e. The Hall–Kier alpha value is -2.55. The van der Waals surface area contributed by atoms with Crippen LogP contribution in [0, 0.1) is 18.6 Å². The molecular formula is C29H30ClF2N3OS2. The second kappa shape index (κ2) is 12.1. The third-order valence-electron chi connectivity index (χ3n) is 6.82. The molecule has 0 bridgehead atoms. The molecule has 38 heavy (non-hydrogen) atoms. The Morgan fingerprint density at radius 1 is 0.947 bits per heavy atom. The quantitative estimate of drug-likeness (QED) is 0.249. The highest BCUT2D eigenvalue weighted by Crippen LogP contribution is 2.43. The number of methoxy groups -OCH3 is 1. The molecule has 0 spiro atoms. The SMILES string of the molecule is COc1ccc(-c2csc(C3CC3)n2)cc1Cl.Cc1sc(NC2CCCCC2)nc1-c1ccc(F)c(F)c1. The molecule has 2 heterocycles. The van der Waals surface area contributed by atoms with E-state index in [9.17, 15) is 8.78 Å². The number of thiazole rings is 2. The summed E-state index contributed by atoms with van der Waals surface area (Å²) in [4.78, 5) is 10.2. The summed E-state index contributed by atoms with van der Waals surface area (Å²) in [6, 6.07) is 10.2. The summed E-state index contributed by atoms with van der Waals surface area (Å²) < 4.78 is 31.5. The number of rotatable bonds is 6. The molecule has 2 fully saturated rings. The minimum Gasteiger partial charge on any atom is -0.495 e. The van der Waals surface area contributed by atoms with E-state index in [4.69, 9.17) is 16.3 Å². The van der Waals surface area contributed by atoms with Gasteiger partial charge in [0, 0.05) is 33.3 Å². The number of nitrogens with one attached hydrogen (secondary N) is 1. The van der Waals surface area contributed by atoms with Crippen LogP contribution in [0.4, 0.5) is 13.9 Å². The van der Waals surface area contributed by atoms with Crippen LogP contribution in [0.2, 0.25) is 5.02 Å². The second-order valence-corrected chi connectivity index (χ2v) is 12.2. The summed E-state index contributed by atoms with van der Waals surface area (Å²) >= 11 is 9.43. The molecule has 0 saturated heterocycles. The Morgan fingerprint density at radius 2 is 1.71 bits per heavy atom. The molecular weight excluding hydrogens is 544 g/mol. The van der Waals surface area contributed by atoms with Crippen molar-refractivity contribution in [1.82, 2.24) is 9.97 Å². The molecule has 9 heteroatoms. The summed E-state index contributed by atoms with van der Waals surface area (Å²) in [5.41, 5.74) is 3.43. The van der Waals surface area contributed by atoms with E-state index in [1.807, 2.05) is 25.1 Å². The second-order valence-electron chi connectivity index (χ2n) is 9.73. The molecule has 1 N–H and O–H groups in total. The predicted octanol–water partition coefficient (Wildman–Crippen LogP) is 9.49. The number of aromatic nitrogens is 2. The largest absolute Gasteiger partial charge is 0.495 e. The maximum atomic E-state index is 13.4. The molecule has 2 aromatic heterocycles. The number of halogens is 3. The average Bonchev–Trinajstić information content (AvgIpc) is 3.54. The molecule has 2 aliphatic carbocycles. The minimum atomic E-state index is -0.832. The Bertz CT molecular complexity index is 1400. The van der Waals surface area contributed by atoms with Crippen molar-refractivity contribution in [2.75, 3.05) is 12.4 Å². The zero-order valence-corrected chi connectivity index (χ0v) is 23.8. The third-order valence-corrected chi connectivity index (χ3v) is 9.02. The standard InChI is InChI=1S/C16H18F2N2S.C13H12ClNOS/c1-10-15(11-7-8-13(17)14(18)9-11)20-16(21-10)19-12-5-3-2-4-6-12;1-16-12-5-4-9(6-10(12)14)11-7-17-13(15-11)8-2-3-8/h7-9,12H,2-6H2,1H3,(H,19,20);4-8H,2-3H2,1H3. The fourth-order valence-corrected chi connectivity index (χ4v) is 6.73. The highest BCUT2D eigenvalue weighted by molar-refractivity contribution is 7.16. The van der Waals surface area contributed by atoms with Gasteiger partial charge in [-0.2, -0.15) is 0 Å². The van der Waals surface area contributed by atoms with E-state index < -0.39 is 11.6 Å². The van der Waals surface area contributed by atoms with E-state index in [0.717, 1.165) is 33.0 Å². The zero-order valence-electron chi connectivity index (χ0n) is 21.4. The monoisotopic (exact) mass is 573 g/mol. The fourth-order valence-electron chi connectivity index (χ4n) is 4.55. The van der Waals surface area contributed by atoms with Gasteiger partial charge in [-0.05, 0) is 69.0 Å². The molecule has 0 unspecified atom stereocenters. The van der Waals surface area contributed by atoms with E-state index in [1.54, 1.807) is 35.8 Å². The lowest BCUT2D eigenvalue weighted by Crippen LogP contribution is -2.21. The van der Waals surface area contributed by atoms with Crippen molar-refractivity contribution >= 4 is 39.4 Å². The number of ether oxygens (including phenoxy) is 1. The lowest BCUT2D eigenvalue weighted by atomic mass is 9.96. The number of nitrogens with zero attached hydrogens (tertiary/aromatic N) is 2. The van der Waals surface area contributed by atoms with E-state index in [-0.39, 0.29) is 0 Å². The first-order valence-corrected chi connectivity index (χ1v) is 15.0. The molecule has 0 aliphatic heterocycles. The minimum absolute atomic E-state index is 0.488. The van der Waals surface area contributed by atoms with Crippen molar-refractivity contribution in [3.05, 3.63) is 68.3 Å². The van der Waals surface area contributed by atoms with Gasteiger partial charge in [0.15, 0.2) is 16.8 Å². The Labute approximate surface area is 235 Å². The van der Waals surface area contributed by atoms with Crippen molar-refractivity contribution in [2.45, 2.75) is 63.8 Å². The summed E-state index contributed by atoms with van der Waals surface area (Å²) in [5.74, 6) is -0.246. The average molecular weight is 574 g/mol. The highest BCUT2D eigenvalue weighted by Gasteiger charge is 2.26. The van der Waals surface area contributed by atoms with Crippen molar-refractivity contribution < 1.29 is 13.5 Å². The van der Waals surface area contributed by atoms with E-state index in [1.165, 1.54) is 56.0 Å². The van der Waals surface area contributed by atoms with Crippen LogP contribution in [-0.2, 0) is 0 Å². The summed E-state index contributed by atoms with van der Waals surface area (Å²) in [5, 5.41) is 8.34. The van der Waals surface area contributed by atoms with Crippen molar-refractivity contribution in [2.24, 2.45) is 0 Å². The van der Waals surface area contributed by atoms with E-state index >= 15 is 0 Å². The van der Waals surface area contributed by atoms with Crippen molar-refractivity contribution in [3.63, 3.8) is 0 Å². The lowest BCUT2D eigenvalue weighted by Gasteiger charge is -2.22. The molecule has 4 nitrogen and oxygen atoms in total. The van der Waals surface area contributed by atoms with Crippen molar-refractivity contribution in [3.8, 4) is 28.3 Å². The van der Waals surface area contributed by atoms with Crippen LogP contribution in [0.3, 0.4) is 0 Å². The van der Waals surface area contributed by atoms with Gasteiger partial charge >= 0.3 is 0 Å². The van der Waals surface area contributed by atoms with E-state index in [2.05, 4.69) is 20.7 Å². The summed E-state index contributed by atoms with van der Waals surface area (Å²) in [6.45, 7) is 1.96. The van der Waals surface area contributed by atoms with Gasteiger partial charge in [0.25, 0.3) is 0 Å². The predicted molar refractivity (Wildman–Crippen MR) is 154 cm³/mol. The van der Waals surface area contributed by atoms with Gasteiger partial charge < -0.3 is 10.1 Å². The summed E-state index contributed by atoms with van der Waals surface area (Å²) in [7, 11) is 1.62. The van der Waals surface area contributed by atoms with Crippen LogP contribution in [0.25, 0.3) is 22.5 Å². The number of aryl methyl sites for hydroxylation is 1. The normalized spacial score (nSPS) is 15.6. The van der Waals surface area contributed by atoms with Crippen LogP contribution in [0.15, 0.2) is 41.8 Å². The molecule has 0 radical (unpaired) electrons. The first-order valence-electron chi connectivity index (χ1n) is 12.9. The Kier molecular flexibility index (Phi) is 8.61. The van der Waals surface area contributed by atoms with Crippen LogP contribution in [-0.4, -0.2) is 23.1 Å². The van der Waals surface area contributed by atoms with Gasteiger partial charge in [-0.15, -0.1) is 22.7 Å².